The molecule has 0 bridgehead atoms. The molecule has 2 amide bonds. The molecule has 0 saturated carbocycles. The molecule has 8 heteroatoms. The number of hydrogen-bond donors (Lipinski definition) is 0. The lowest BCUT2D eigenvalue weighted by Gasteiger charge is -2.23. The monoisotopic (exact) mass is 331 g/mol. The highest BCUT2D eigenvalue weighted by Gasteiger charge is 2.38. The minimum Gasteiger partial charge on any atom is -0.466 e. The molecule has 1 heterocycles. The van der Waals surface area contributed by atoms with Crippen molar-refractivity contribution in [2.75, 3.05) is 26.0 Å². The van der Waals surface area contributed by atoms with Crippen LogP contribution in [0.15, 0.2) is 0 Å². The van der Waals surface area contributed by atoms with Gasteiger partial charge < -0.3 is 9.47 Å². The van der Waals surface area contributed by atoms with Gasteiger partial charge in [0.2, 0.25) is 5.91 Å². The minimum atomic E-state index is -0.884. The zero-order valence-electron chi connectivity index (χ0n) is 13.0. The van der Waals surface area contributed by atoms with E-state index in [1.165, 1.54) is 0 Å². The van der Waals surface area contributed by atoms with Crippen LogP contribution in [-0.4, -0.2) is 54.0 Å². The lowest BCUT2D eigenvalue weighted by Crippen LogP contribution is -2.38. The number of imide groups is 1. The summed E-state index contributed by atoms with van der Waals surface area (Å²) in [6, 6.07) is 0. The Labute approximate surface area is 133 Å². The molecule has 1 aliphatic rings. The van der Waals surface area contributed by atoms with Crippen LogP contribution in [0, 0.1) is 11.8 Å². The number of ether oxygens (including phenoxy) is 2. The van der Waals surface area contributed by atoms with E-state index in [-0.39, 0.29) is 31.3 Å². The van der Waals surface area contributed by atoms with Crippen molar-refractivity contribution in [2.24, 2.45) is 11.8 Å². The highest BCUT2D eigenvalue weighted by atomic mass is 32.2. The molecule has 0 aromatic heterocycles. The smallest absolute Gasteiger partial charge is 0.416 e. The Balaban J connectivity index is 2.89. The van der Waals surface area contributed by atoms with Gasteiger partial charge in [-0.05, 0) is 19.6 Å². The van der Waals surface area contributed by atoms with Gasteiger partial charge >= 0.3 is 12.1 Å². The zero-order chi connectivity index (χ0) is 16.7. The van der Waals surface area contributed by atoms with Gasteiger partial charge in [0.05, 0.1) is 19.1 Å². The summed E-state index contributed by atoms with van der Waals surface area (Å²) >= 11 is 1.02. The third-order valence-corrected chi connectivity index (χ3v) is 4.18. The second kappa shape index (κ2) is 8.77. The molecule has 0 aliphatic carbocycles. The average Bonchev–Trinajstić information content (AvgIpc) is 2.92. The third-order valence-electron chi connectivity index (χ3n) is 3.48. The number of hydrogen-bond acceptors (Lipinski definition) is 7. The predicted octanol–water partition coefficient (Wildman–Crippen LogP) is 1.45. The molecule has 7 nitrogen and oxygen atoms in total. The van der Waals surface area contributed by atoms with Gasteiger partial charge in [0.1, 0.15) is 6.61 Å². The first-order valence-electron chi connectivity index (χ1n) is 7.17. The van der Waals surface area contributed by atoms with Crippen molar-refractivity contribution in [1.29, 1.82) is 0 Å². The van der Waals surface area contributed by atoms with Crippen molar-refractivity contribution >= 4 is 34.8 Å². The highest BCUT2D eigenvalue weighted by Crippen LogP contribution is 2.27. The summed E-state index contributed by atoms with van der Waals surface area (Å²) in [6.07, 6.45) is 1.10. The number of cyclic esters (lactones) is 1. The van der Waals surface area contributed by atoms with Crippen LogP contribution in [-0.2, 0) is 23.9 Å². The molecule has 124 valence electrons. The Hall–Kier alpha value is -1.57. The van der Waals surface area contributed by atoms with Crippen molar-refractivity contribution in [1.82, 2.24) is 4.90 Å². The van der Waals surface area contributed by atoms with E-state index in [2.05, 4.69) is 0 Å². The van der Waals surface area contributed by atoms with E-state index in [1.54, 1.807) is 20.1 Å². The lowest BCUT2D eigenvalue weighted by atomic mass is 9.88. The molecule has 22 heavy (non-hydrogen) atoms. The fourth-order valence-corrected chi connectivity index (χ4v) is 2.96. The van der Waals surface area contributed by atoms with E-state index in [9.17, 15) is 19.2 Å². The molecule has 1 fully saturated rings. The number of thioether (sulfide) groups is 1. The Morgan fingerprint density at radius 3 is 2.45 bits per heavy atom. The standard InChI is InChI=1S/C14H21NO6S/c1-4-9(13(18)22-3)10(12(17)20-5-2)8-11(16)15-6-7-21-14(15)19/h9-10H,4-8H2,1-3H3/t9-,10-/m0/s1. The molecule has 2 atom stereocenters. The minimum absolute atomic E-state index is 0.148. The first kappa shape index (κ1) is 18.5. The number of nitrogens with zero attached hydrogens (tertiary/aromatic N) is 1. The largest absolute Gasteiger partial charge is 0.466 e. The molecule has 1 saturated heterocycles. The predicted molar refractivity (Wildman–Crippen MR) is 80.1 cm³/mol. The summed E-state index contributed by atoms with van der Waals surface area (Å²) < 4.78 is 9.70. The average molecular weight is 331 g/mol. The van der Waals surface area contributed by atoms with Crippen molar-refractivity contribution in [3.05, 3.63) is 0 Å². The summed E-state index contributed by atoms with van der Waals surface area (Å²) in [5, 5.41) is -0.169. The molecule has 1 rings (SSSR count). The maximum atomic E-state index is 12.2. The molecule has 0 aromatic rings. The normalized spacial score (nSPS) is 16.9. The maximum absolute atomic E-state index is 12.2. The van der Waals surface area contributed by atoms with Crippen LogP contribution in [0.3, 0.4) is 0 Å². The summed E-state index contributed by atoms with van der Waals surface area (Å²) in [5.41, 5.74) is 0. The quantitative estimate of drug-likeness (QED) is 0.652. The summed E-state index contributed by atoms with van der Waals surface area (Å²) in [7, 11) is 0. The fourth-order valence-electron chi connectivity index (χ4n) is 2.32. The molecular weight excluding hydrogens is 310 g/mol. The van der Waals surface area contributed by atoms with E-state index in [4.69, 9.17) is 9.47 Å². The van der Waals surface area contributed by atoms with Crippen LogP contribution in [0.2, 0.25) is 0 Å². The SMILES string of the molecule is CCOC(=O)[C@@H](CC(=O)N1CCOC1=O)[C@H](CC)C(=O)SC. The van der Waals surface area contributed by atoms with Crippen molar-refractivity contribution in [2.45, 2.75) is 26.7 Å². The molecule has 0 N–H and O–H groups in total. The van der Waals surface area contributed by atoms with Gasteiger partial charge in [0.15, 0.2) is 5.12 Å². The maximum Gasteiger partial charge on any atom is 0.416 e. The van der Waals surface area contributed by atoms with Crippen LogP contribution >= 0.6 is 11.8 Å². The first-order chi connectivity index (χ1) is 10.5. The molecule has 1 aliphatic heterocycles. The topological polar surface area (TPSA) is 90.0 Å². The van der Waals surface area contributed by atoms with Crippen molar-refractivity contribution in [3.63, 3.8) is 0 Å². The lowest BCUT2D eigenvalue weighted by molar-refractivity contribution is -0.154. The van der Waals surface area contributed by atoms with Crippen molar-refractivity contribution < 1.29 is 28.7 Å². The summed E-state index contributed by atoms with van der Waals surface area (Å²) in [4.78, 5) is 48.7. The molecule has 0 aromatic carbocycles. The van der Waals surface area contributed by atoms with Crippen LogP contribution in [0.1, 0.15) is 26.7 Å². The second-order valence-corrected chi connectivity index (χ2v) is 5.57. The Bertz CT molecular complexity index is 453. The summed E-state index contributed by atoms with van der Waals surface area (Å²) in [5.74, 6) is -2.60. The van der Waals surface area contributed by atoms with Gasteiger partial charge in [0.25, 0.3) is 0 Å². The van der Waals surface area contributed by atoms with Gasteiger partial charge in [0, 0.05) is 12.3 Å². The molecular formula is C14H21NO6S. The number of carbonyl (C=O) groups excluding carboxylic acids is 4. The van der Waals surface area contributed by atoms with Crippen LogP contribution in [0.25, 0.3) is 0 Å². The van der Waals surface area contributed by atoms with Crippen LogP contribution in [0.5, 0.6) is 0 Å². The fraction of sp³-hybridized carbons (Fsp3) is 0.714. The van der Waals surface area contributed by atoms with Gasteiger partial charge in [-0.1, -0.05) is 18.7 Å². The highest BCUT2D eigenvalue weighted by molar-refractivity contribution is 8.13. The second-order valence-electron chi connectivity index (χ2n) is 4.76. The number of esters is 1. The molecule has 0 spiro atoms. The first-order valence-corrected chi connectivity index (χ1v) is 8.40. The Kier molecular flexibility index (Phi) is 7.37. The van der Waals surface area contributed by atoms with E-state index < -0.39 is 29.8 Å². The van der Waals surface area contributed by atoms with E-state index in [1.807, 2.05) is 0 Å². The Morgan fingerprint density at radius 1 is 1.32 bits per heavy atom. The van der Waals surface area contributed by atoms with Gasteiger partial charge in [-0.3, -0.25) is 14.4 Å². The number of rotatable bonds is 7. The third kappa shape index (κ3) is 4.46. The van der Waals surface area contributed by atoms with Crippen LogP contribution < -0.4 is 0 Å². The number of carbonyl (C=O) groups is 4. The van der Waals surface area contributed by atoms with Gasteiger partial charge in [-0.25, -0.2) is 9.69 Å². The van der Waals surface area contributed by atoms with E-state index in [0.29, 0.717) is 6.42 Å². The zero-order valence-corrected chi connectivity index (χ0v) is 13.8. The molecule has 0 unspecified atom stereocenters. The van der Waals surface area contributed by atoms with Gasteiger partial charge in [-0.15, -0.1) is 0 Å². The van der Waals surface area contributed by atoms with E-state index >= 15 is 0 Å². The van der Waals surface area contributed by atoms with Crippen molar-refractivity contribution in [3.8, 4) is 0 Å². The summed E-state index contributed by atoms with van der Waals surface area (Å²) in [6.45, 7) is 3.92. The van der Waals surface area contributed by atoms with E-state index in [0.717, 1.165) is 16.7 Å². The van der Waals surface area contributed by atoms with Gasteiger partial charge in [-0.2, -0.15) is 0 Å². The van der Waals surface area contributed by atoms with Crippen LogP contribution in [0.4, 0.5) is 4.79 Å². The number of amides is 2. The Morgan fingerprint density at radius 2 is 2.00 bits per heavy atom. The molecule has 0 radical (unpaired) electrons.